The van der Waals surface area contributed by atoms with E-state index in [4.69, 9.17) is 0 Å². The third-order valence-corrected chi connectivity index (χ3v) is 2.39. The van der Waals surface area contributed by atoms with Gasteiger partial charge in [0.2, 0.25) is 0 Å². The van der Waals surface area contributed by atoms with Crippen molar-refractivity contribution in [3.05, 3.63) is 12.3 Å². The van der Waals surface area contributed by atoms with E-state index >= 15 is 0 Å². The average Bonchev–Trinajstić information content (AvgIpc) is 2.23. The molecule has 0 spiro atoms. The Morgan fingerprint density at radius 1 is 1.57 bits per heavy atom. The number of carbonyl (C=O) groups is 1. The molecule has 14 heavy (non-hydrogen) atoms. The van der Waals surface area contributed by atoms with Gasteiger partial charge in [-0.3, -0.25) is 0 Å². The molecule has 74 valence electrons. The summed E-state index contributed by atoms with van der Waals surface area (Å²) < 4.78 is 0. The minimum atomic E-state index is 0.388. The number of anilines is 2. The number of likely N-dealkylation sites (N-methyl/N-ethyl adjacent to an activating group) is 1. The molecule has 5 nitrogen and oxygen atoms in total. The van der Waals surface area contributed by atoms with Gasteiger partial charge < -0.3 is 14.6 Å². The molecule has 2 heterocycles. The first kappa shape index (κ1) is 8.93. The van der Waals surface area contributed by atoms with Crippen molar-refractivity contribution in [2.45, 2.75) is 0 Å². The highest BCUT2D eigenvalue weighted by Gasteiger charge is 2.20. The number of hydrogen-bond donors (Lipinski definition) is 0. The van der Waals surface area contributed by atoms with Crippen molar-refractivity contribution in [2.75, 3.05) is 36.5 Å². The fourth-order valence-electron chi connectivity index (χ4n) is 1.61. The van der Waals surface area contributed by atoms with E-state index in [0.717, 1.165) is 30.9 Å². The lowest BCUT2D eigenvalue weighted by Crippen LogP contribution is -2.40. The van der Waals surface area contributed by atoms with Crippen molar-refractivity contribution < 1.29 is 4.79 Å². The van der Waals surface area contributed by atoms with E-state index in [2.05, 4.69) is 15.1 Å². The predicted octanol–water partition coefficient (Wildman–Crippen LogP) is -0.0683. The largest absolute Gasteiger partial charge is 0.370 e. The van der Waals surface area contributed by atoms with Gasteiger partial charge in [0.1, 0.15) is 6.29 Å². The second-order valence-electron chi connectivity index (χ2n) is 3.27. The molecule has 1 aromatic rings. The van der Waals surface area contributed by atoms with E-state index < -0.39 is 0 Å². The van der Waals surface area contributed by atoms with Gasteiger partial charge in [-0.05, 0) is 6.07 Å². The average molecular weight is 192 g/mol. The zero-order valence-electron chi connectivity index (χ0n) is 8.05. The molecule has 0 atom stereocenters. The molecule has 0 saturated carbocycles. The monoisotopic (exact) mass is 192 g/mol. The number of fused-ring (bicyclic) bond motifs is 1. The first-order valence-electron chi connectivity index (χ1n) is 4.54. The van der Waals surface area contributed by atoms with Gasteiger partial charge in [-0.25, -0.2) is 0 Å². The highest BCUT2D eigenvalue weighted by molar-refractivity contribution is 5.71. The number of hydrogen-bond acceptors (Lipinski definition) is 5. The predicted molar refractivity (Wildman–Crippen MR) is 53.6 cm³/mol. The van der Waals surface area contributed by atoms with Crippen LogP contribution < -0.4 is 9.80 Å². The van der Waals surface area contributed by atoms with Crippen LogP contribution in [0.4, 0.5) is 11.5 Å². The van der Waals surface area contributed by atoms with Gasteiger partial charge in [0.25, 0.3) is 0 Å². The summed E-state index contributed by atoms with van der Waals surface area (Å²) in [6.45, 7) is 2.12. The molecule has 0 saturated heterocycles. The van der Waals surface area contributed by atoms with E-state index in [-0.39, 0.29) is 0 Å². The van der Waals surface area contributed by atoms with Crippen molar-refractivity contribution >= 4 is 17.8 Å². The maximum Gasteiger partial charge on any atom is 0.175 e. The second-order valence-corrected chi connectivity index (χ2v) is 3.27. The van der Waals surface area contributed by atoms with Crippen LogP contribution in [0.25, 0.3) is 0 Å². The molecule has 5 heteroatoms. The molecular formula is C9H12N4O. The van der Waals surface area contributed by atoms with Crippen LogP contribution in [0.3, 0.4) is 0 Å². The molecular weight excluding hydrogens is 180 g/mol. The van der Waals surface area contributed by atoms with E-state index in [1.54, 1.807) is 6.20 Å². The van der Waals surface area contributed by atoms with Crippen molar-refractivity contribution in [2.24, 2.45) is 0 Å². The lowest BCUT2D eigenvalue weighted by molar-refractivity contribution is -0.106. The smallest absolute Gasteiger partial charge is 0.175 e. The maximum absolute atomic E-state index is 10.5. The Morgan fingerprint density at radius 2 is 2.43 bits per heavy atom. The Morgan fingerprint density at radius 3 is 3.21 bits per heavy atom. The second kappa shape index (κ2) is 3.61. The van der Waals surface area contributed by atoms with E-state index in [0.29, 0.717) is 6.54 Å². The van der Waals surface area contributed by atoms with Gasteiger partial charge in [-0.1, -0.05) is 0 Å². The summed E-state index contributed by atoms with van der Waals surface area (Å²) in [5.74, 6) is 0.799. The molecule has 0 aromatic carbocycles. The molecule has 2 rings (SSSR count). The zero-order valence-corrected chi connectivity index (χ0v) is 8.05. The summed E-state index contributed by atoms with van der Waals surface area (Å²) >= 11 is 0. The van der Waals surface area contributed by atoms with Gasteiger partial charge >= 0.3 is 0 Å². The quantitative estimate of drug-likeness (QED) is 0.614. The Kier molecular flexibility index (Phi) is 2.30. The van der Waals surface area contributed by atoms with Crippen LogP contribution >= 0.6 is 0 Å². The lowest BCUT2D eigenvalue weighted by atomic mass is 10.3. The summed E-state index contributed by atoms with van der Waals surface area (Å²) in [5, 5.41) is 7.88. The molecule has 1 aromatic heterocycles. The maximum atomic E-state index is 10.5. The SMILES string of the molecule is CN1CCN(CC=O)c2nnccc21. The first-order chi connectivity index (χ1) is 6.83. The van der Waals surface area contributed by atoms with Crippen LogP contribution in [0, 0.1) is 0 Å². The van der Waals surface area contributed by atoms with Crippen LogP contribution in [0.5, 0.6) is 0 Å². The number of rotatable bonds is 2. The molecule has 0 fully saturated rings. The fourth-order valence-corrected chi connectivity index (χ4v) is 1.61. The Balaban J connectivity index is 2.36. The number of nitrogens with zero attached hydrogens (tertiary/aromatic N) is 4. The highest BCUT2D eigenvalue weighted by atomic mass is 16.1. The van der Waals surface area contributed by atoms with Gasteiger partial charge in [0.15, 0.2) is 5.82 Å². The number of aromatic nitrogens is 2. The minimum Gasteiger partial charge on any atom is -0.370 e. The first-order valence-corrected chi connectivity index (χ1v) is 4.54. The topological polar surface area (TPSA) is 49.3 Å². The molecule has 0 aliphatic carbocycles. The molecule has 0 radical (unpaired) electrons. The van der Waals surface area contributed by atoms with Crippen molar-refractivity contribution in [1.29, 1.82) is 0 Å². The van der Waals surface area contributed by atoms with Crippen molar-refractivity contribution in [3.63, 3.8) is 0 Å². The summed E-state index contributed by atoms with van der Waals surface area (Å²) in [7, 11) is 2.01. The number of aldehydes is 1. The molecule has 0 bridgehead atoms. The van der Waals surface area contributed by atoms with Gasteiger partial charge in [0.05, 0.1) is 18.4 Å². The van der Waals surface area contributed by atoms with E-state index in [9.17, 15) is 4.79 Å². The van der Waals surface area contributed by atoms with Gasteiger partial charge in [0, 0.05) is 20.1 Å². The van der Waals surface area contributed by atoms with Crippen LogP contribution in [0.2, 0.25) is 0 Å². The van der Waals surface area contributed by atoms with Crippen molar-refractivity contribution in [3.8, 4) is 0 Å². The normalized spacial score (nSPS) is 15.2. The molecule has 1 aliphatic rings. The van der Waals surface area contributed by atoms with Crippen LogP contribution in [-0.4, -0.2) is 43.2 Å². The summed E-state index contributed by atoms with van der Waals surface area (Å²) in [6, 6.07) is 1.92. The molecule has 0 N–H and O–H groups in total. The van der Waals surface area contributed by atoms with Crippen LogP contribution in [0.1, 0.15) is 0 Å². The summed E-state index contributed by atoms with van der Waals surface area (Å²) in [5.41, 5.74) is 1.04. The van der Waals surface area contributed by atoms with Gasteiger partial charge in [-0.15, -0.1) is 5.10 Å². The fraction of sp³-hybridized carbons (Fsp3) is 0.444. The zero-order chi connectivity index (χ0) is 9.97. The Labute approximate surface area is 82.3 Å². The summed E-state index contributed by atoms with van der Waals surface area (Å²) in [4.78, 5) is 14.5. The third kappa shape index (κ3) is 1.41. The summed E-state index contributed by atoms with van der Waals surface area (Å²) in [6.07, 6.45) is 2.56. The Bertz CT molecular complexity index is 341. The van der Waals surface area contributed by atoms with Gasteiger partial charge in [-0.2, -0.15) is 5.10 Å². The minimum absolute atomic E-state index is 0.388. The molecule has 1 aliphatic heterocycles. The van der Waals surface area contributed by atoms with Crippen molar-refractivity contribution in [1.82, 2.24) is 10.2 Å². The molecule has 0 amide bonds. The molecule has 0 unspecified atom stereocenters. The Hall–Kier alpha value is -1.65. The van der Waals surface area contributed by atoms with Crippen LogP contribution in [0.15, 0.2) is 12.3 Å². The van der Waals surface area contributed by atoms with E-state index in [1.807, 2.05) is 18.0 Å². The lowest BCUT2D eigenvalue weighted by Gasteiger charge is -2.33. The van der Waals surface area contributed by atoms with Crippen LogP contribution in [-0.2, 0) is 4.79 Å². The third-order valence-electron chi connectivity index (χ3n) is 2.39. The van der Waals surface area contributed by atoms with E-state index in [1.165, 1.54) is 0 Å². The highest BCUT2D eigenvalue weighted by Crippen LogP contribution is 2.27. The number of carbonyl (C=O) groups excluding carboxylic acids is 1. The standard InChI is InChI=1S/C9H12N4O/c1-12-4-5-13(6-7-14)9-8(12)2-3-10-11-9/h2-3,7H,4-6H2,1H3.